The highest BCUT2D eigenvalue weighted by molar-refractivity contribution is 7.62. The molecule has 0 saturated carbocycles. The summed E-state index contributed by atoms with van der Waals surface area (Å²) in [5.41, 5.74) is 2.73. The van der Waals surface area contributed by atoms with Crippen molar-refractivity contribution in [2.75, 3.05) is 42.3 Å². The Morgan fingerprint density at radius 1 is 0.711 bits per heavy atom. The smallest absolute Gasteiger partial charge is 0.400 e. The topological polar surface area (TPSA) is 59.8 Å². The van der Waals surface area contributed by atoms with Gasteiger partial charge in [-0.2, -0.15) is 0 Å². The monoisotopic (exact) mass is 548 g/mol. The number of hydrogen-bond acceptors (Lipinski definition) is 5. The highest BCUT2D eigenvalue weighted by Gasteiger charge is 2.47. The van der Waals surface area contributed by atoms with Gasteiger partial charge in [0.05, 0.1) is 21.1 Å². The van der Waals surface area contributed by atoms with Crippen LogP contribution in [0.2, 0.25) is 0 Å². The lowest BCUT2D eigenvalue weighted by Gasteiger charge is -2.36. The van der Waals surface area contributed by atoms with E-state index in [4.69, 9.17) is 8.72 Å². The first-order valence-corrected chi connectivity index (χ1v) is 15.0. The minimum absolute atomic E-state index is 0.276. The Balaban J connectivity index is 0.000000158. The van der Waals surface area contributed by atoms with E-state index in [0.29, 0.717) is 11.3 Å². The molecule has 196 valence electrons. The molecule has 1 aliphatic rings. The SMILES string of the molecule is CN(C)C.C[N+](C)(C)P1(=O)Oc2ccccc2-c2ccccc21.O=[p+]1oc2ccccc2c2ccccc21. The standard InChI is InChI=1S/C15H17NO2P.C12H8O2P.C3H9N/c1-16(2,3)19(17)15-11-7-5-9-13(15)12-8-4-6-10-14(12)18-19;13-15-12-8-4-2-6-10(12)9-5-1-3-7-11(9)14-15;1-4(2)3/h4-11H,1-3H3;1-8H;1-3H3/q2*+1;. The average molecular weight is 549 g/mol. The zero-order valence-electron chi connectivity index (χ0n) is 22.7. The first-order chi connectivity index (χ1) is 18.0. The van der Waals surface area contributed by atoms with Crippen molar-refractivity contribution in [3.63, 3.8) is 0 Å². The van der Waals surface area contributed by atoms with Crippen LogP contribution in [0.5, 0.6) is 5.75 Å². The third-order valence-corrected chi connectivity index (χ3v) is 10.0. The lowest BCUT2D eigenvalue weighted by atomic mass is 10.0. The molecule has 6 nitrogen and oxygen atoms in total. The highest BCUT2D eigenvalue weighted by atomic mass is 31.2. The van der Waals surface area contributed by atoms with Gasteiger partial charge in [-0.05, 0) is 56.0 Å². The predicted molar refractivity (Wildman–Crippen MR) is 159 cm³/mol. The lowest BCUT2D eigenvalue weighted by Crippen LogP contribution is -2.39. The van der Waals surface area contributed by atoms with Crippen LogP contribution in [-0.2, 0) is 9.13 Å². The fourth-order valence-corrected chi connectivity index (χ4v) is 7.34. The summed E-state index contributed by atoms with van der Waals surface area (Å²) in [5, 5.41) is 3.62. The molecule has 38 heavy (non-hydrogen) atoms. The number of quaternary nitrogens is 1. The number of rotatable bonds is 1. The first kappa shape index (κ1) is 27.8. The Labute approximate surface area is 225 Å². The van der Waals surface area contributed by atoms with Gasteiger partial charge in [-0.15, -0.1) is 0 Å². The van der Waals surface area contributed by atoms with Gasteiger partial charge in [0, 0.05) is 21.9 Å². The van der Waals surface area contributed by atoms with Crippen molar-refractivity contribution in [3.05, 3.63) is 97.1 Å². The van der Waals surface area contributed by atoms with Gasteiger partial charge in [0.2, 0.25) is 5.12 Å². The fraction of sp³-hybridized carbons (Fsp3) is 0.200. The molecule has 0 bridgehead atoms. The van der Waals surface area contributed by atoms with Crippen LogP contribution in [0.3, 0.4) is 0 Å². The molecule has 6 rings (SSSR count). The van der Waals surface area contributed by atoms with E-state index in [1.54, 1.807) is 0 Å². The second kappa shape index (κ2) is 11.2. The Morgan fingerprint density at radius 3 is 1.92 bits per heavy atom. The summed E-state index contributed by atoms with van der Waals surface area (Å²) in [6.07, 6.45) is 0. The van der Waals surface area contributed by atoms with Gasteiger partial charge < -0.3 is 9.42 Å². The number of hydrogen-bond donors (Lipinski definition) is 0. The third kappa shape index (κ3) is 5.60. The molecule has 0 aliphatic carbocycles. The van der Waals surface area contributed by atoms with Gasteiger partial charge in [-0.25, -0.2) is 8.76 Å². The number of benzene rings is 4. The quantitative estimate of drug-likeness (QED) is 0.158. The van der Waals surface area contributed by atoms with Crippen molar-refractivity contribution < 1.29 is 22.1 Å². The molecule has 0 amide bonds. The summed E-state index contributed by atoms with van der Waals surface area (Å²) >= 11 is 0. The van der Waals surface area contributed by atoms with Gasteiger partial charge in [0.25, 0.3) is 0 Å². The van der Waals surface area contributed by atoms with E-state index in [1.165, 1.54) is 0 Å². The van der Waals surface area contributed by atoms with Crippen LogP contribution in [-0.4, -0.2) is 51.4 Å². The van der Waals surface area contributed by atoms with E-state index < -0.39 is 15.2 Å². The minimum Gasteiger partial charge on any atom is -0.400 e. The molecule has 0 N–H and O–H groups in total. The Hall–Kier alpha value is -3.27. The molecular weight excluding hydrogens is 514 g/mol. The fourth-order valence-electron chi connectivity index (χ4n) is 4.11. The number of para-hydroxylation sites is 2. The van der Waals surface area contributed by atoms with Crippen LogP contribution >= 0.6 is 15.2 Å². The largest absolute Gasteiger partial charge is 0.597 e. The minimum atomic E-state index is -2.98. The van der Waals surface area contributed by atoms with E-state index >= 15 is 0 Å². The van der Waals surface area contributed by atoms with Crippen LogP contribution in [0.4, 0.5) is 0 Å². The molecular formula is C30H34N2O4P2+2. The van der Waals surface area contributed by atoms with Crippen LogP contribution in [0.15, 0.2) is 101 Å². The van der Waals surface area contributed by atoms with Crippen molar-refractivity contribution in [1.29, 1.82) is 0 Å². The highest BCUT2D eigenvalue weighted by Crippen LogP contribution is 2.58. The molecule has 0 spiro atoms. The molecule has 2 atom stereocenters. The van der Waals surface area contributed by atoms with Gasteiger partial charge in [-0.3, -0.25) is 4.25 Å². The van der Waals surface area contributed by atoms with Gasteiger partial charge in [0.1, 0.15) is 11.1 Å². The van der Waals surface area contributed by atoms with Crippen molar-refractivity contribution in [1.82, 2.24) is 4.90 Å². The Bertz CT molecular complexity index is 1690. The summed E-state index contributed by atoms with van der Waals surface area (Å²) in [5.74, 6) is 0.706. The molecule has 0 saturated heterocycles. The van der Waals surface area contributed by atoms with E-state index in [2.05, 4.69) is 0 Å². The maximum Gasteiger partial charge on any atom is 0.597 e. The van der Waals surface area contributed by atoms with Crippen molar-refractivity contribution in [2.24, 2.45) is 0 Å². The molecule has 5 aromatic rings. The Kier molecular flexibility index (Phi) is 8.20. The molecule has 1 aromatic heterocycles. The zero-order chi connectivity index (χ0) is 27.5. The van der Waals surface area contributed by atoms with E-state index in [-0.39, 0.29) is 4.25 Å². The second-order valence-electron chi connectivity index (χ2n) is 10.3. The molecule has 0 radical (unpaired) electrons. The third-order valence-electron chi connectivity index (χ3n) is 5.86. The molecule has 8 heteroatoms. The van der Waals surface area contributed by atoms with Crippen molar-refractivity contribution >= 4 is 42.0 Å². The Morgan fingerprint density at radius 2 is 1.24 bits per heavy atom. The lowest BCUT2D eigenvalue weighted by molar-refractivity contribution is -0.749. The first-order valence-electron chi connectivity index (χ1n) is 12.3. The molecule has 2 heterocycles. The molecule has 1 aliphatic heterocycles. The van der Waals surface area contributed by atoms with E-state index in [1.807, 2.05) is 144 Å². The number of nitrogens with zero attached hydrogens (tertiary/aromatic N) is 2. The van der Waals surface area contributed by atoms with Gasteiger partial charge >= 0.3 is 15.2 Å². The number of fused-ring (bicyclic) bond motifs is 6. The van der Waals surface area contributed by atoms with Crippen molar-refractivity contribution in [3.8, 4) is 16.9 Å². The van der Waals surface area contributed by atoms with Gasteiger partial charge in [0.15, 0.2) is 5.58 Å². The zero-order valence-corrected chi connectivity index (χ0v) is 24.4. The summed E-state index contributed by atoms with van der Waals surface area (Å²) in [7, 11) is 7.00. The van der Waals surface area contributed by atoms with E-state index in [0.717, 1.165) is 32.3 Å². The molecule has 2 unspecified atom stereocenters. The van der Waals surface area contributed by atoms with Crippen LogP contribution < -0.4 is 9.83 Å². The van der Waals surface area contributed by atoms with Crippen molar-refractivity contribution in [2.45, 2.75) is 0 Å². The normalized spacial score (nSPS) is 16.3. The summed E-state index contributed by atoms with van der Waals surface area (Å²) in [6, 6.07) is 30.9. The summed E-state index contributed by atoms with van der Waals surface area (Å²) < 4.78 is 36.7. The van der Waals surface area contributed by atoms with Crippen LogP contribution in [0.1, 0.15) is 0 Å². The second-order valence-corrected chi connectivity index (χ2v) is 14.4. The molecule has 4 aromatic carbocycles. The van der Waals surface area contributed by atoms with Gasteiger partial charge in [-0.1, -0.05) is 66.7 Å². The molecule has 0 fully saturated rings. The maximum atomic E-state index is 13.4. The summed E-state index contributed by atoms with van der Waals surface area (Å²) in [6.45, 7) is 0. The summed E-state index contributed by atoms with van der Waals surface area (Å²) in [4.78, 5) is 2.00. The predicted octanol–water partition coefficient (Wildman–Crippen LogP) is 7.78. The van der Waals surface area contributed by atoms with E-state index in [9.17, 15) is 9.13 Å². The van der Waals surface area contributed by atoms with Crippen LogP contribution in [0.25, 0.3) is 32.6 Å². The average Bonchev–Trinajstić information content (AvgIpc) is 2.89. The maximum absolute atomic E-state index is 13.4. The van der Waals surface area contributed by atoms with Crippen LogP contribution in [0, 0.1) is 0 Å².